The van der Waals surface area contributed by atoms with Gasteiger partial charge in [0.2, 0.25) is 0 Å². The van der Waals surface area contributed by atoms with E-state index in [9.17, 15) is 0 Å². The fraction of sp³-hybridized carbons (Fsp3) is 0.417. The zero-order chi connectivity index (χ0) is 11.5. The van der Waals surface area contributed by atoms with E-state index >= 15 is 0 Å². The van der Waals surface area contributed by atoms with Crippen molar-refractivity contribution in [2.24, 2.45) is 5.92 Å². The molecule has 0 bridgehead atoms. The molecule has 1 aromatic rings. The zero-order valence-corrected chi connectivity index (χ0v) is 18.6. The van der Waals surface area contributed by atoms with Gasteiger partial charge in [-0.15, -0.1) is 17.7 Å². The summed E-state index contributed by atoms with van der Waals surface area (Å²) in [6.45, 7) is 4.08. The molecule has 2 atom stereocenters. The van der Waals surface area contributed by atoms with Crippen molar-refractivity contribution >= 4 is 35.0 Å². The summed E-state index contributed by atoms with van der Waals surface area (Å²) in [5.74, 6) is 1.42. The predicted octanol–water partition coefficient (Wildman–Crippen LogP) is 1.77. The fourth-order valence-electron chi connectivity index (χ4n) is 1.57. The number of thioether (sulfide) groups is 1. The van der Waals surface area contributed by atoms with Crippen molar-refractivity contribution in [3.8, 4) is 0 Å². The molecule has 1 aromatic carbocycles. The first kappa shape index (κ1) is 17.2. The molecule has 0 aromatic heterocycles. The topological polar surface area (TPSA) is 9.23 Å². The average molecular weight is 409 g/mol. The summed E-state index contributed by atoms with van der Waals surface area (Å²) >= 11 is 13.7. The maximum absolute atomic E-state index is 6.10. The van der Waals surface area contributed by atoms with E-state index in [1.807, 2.05) is 18.7 Å². The van der Waals surface area contributed by atoms with Crippen LogP contribution in [-0.4, -0.2) is 5.44 Å². The largest absolute Gasteiger partial charge is 1.00 e. The predicted molar refractivity (Wildman–Crippen MR) is 70.7 cm³/mol. The Morgan fingerprint density at radius 2 is 2.24 bits per heavy atom. The van der Waals surface area contributed by atoms with Gasteiger partial charge in [0.15, 0.2) is 0 Å². The first-order valence-electron chi connectivity index (χ1n) is 5.19. The van der Waals surface area contributed by atoms with E-state index in [1.165, 1.54) is 0 Å². The van der Waals surface area contributed by atoms with Crippen LogP contribution in [0.15, 0.2) is 18.2 Å². The summed E-state index contributed by atoms with van der Waals surface area (Å²) in [5.41, 5.74) is 1.38. The minimum Gasteiger partial charge on any atom is -0.542 e. The second kappa shape index (κ2) is 8.45. The summed E-state index contributed by atoms with van der Waals surface area (Å²) in [5, 5.41) is 1.41. The molecule has 0 amide bonds. The van der Waals surface area contributed by atoms with Gasteiger partial charge in [0.05, 0.1) is 5.44 Å². The quantitative estimate of drug-likeness (QED) is 0.705. The van der Waals surface area contributed by atoms with Gasteiger partial charge in [0.25, 0.3) is 0 Å². The fourth-order valence-corrected chi connectivity index (χ4v) is 3.32. The summed E-state index contributed by atoms with van der Waals surface area (Å²) in [6.07, 6.45) is 1.08. The minimum atomic E-state index is 0. The van der Waals surface area contributed by atoms with Crippen LogP contribution in [0.3, 0.4) is 0 Å². The summed E-state index contributed by atoms with van der Waals surface area (Å²) in [7, 11) is 0. The monoisotopic (exact) mass is 408 g/mol. The van der Waals surface area contributed by atoms with Crippen molar-refractivity contribution in [3.63, 3.8) is 0 Å². The van der Waals surface area contributed by atoms with Crippen LogP contribution in [0.5, 0.6) is 0 Å². The molecule has 5 heteroatoms. The van der Waals surface area contributed by atoms with Crippen LogP contribution in [0.2, 0.25) is 10.0 Å². The number of ether oxygens (including phenoxy) is 1. The molecule has 88 valence electrons. The molecular formula is C12H13Cl2CsOS. The molecule has 1 aliphatic rings. The van der Waals surface area contributed by atoms with Gasteiger partial charge in [-0.2, -0.15) is 0 Å². The molecule has 0 saturated carbocycles. The van der Waals surface area contributed by atoms with Gasteiger partial charge < -0.3 is 4.74 Å². The van der Waals surface area contributed by atoms with E-state index in [0.29, 0.717) is 10.9 Å². The van der Waals surface area contributed by atoms with Crippen LogP contribution in [0.25, 0.3) is 0 Å². The van der Waals surface area contributed by atoms with Crippen molar-refractivity contribution in [1.29, 1.82) is 0 Å². The van der Waals surface area contributed by atoms with Gasteiger partial charge in [0, 0.05) is 15.8 Å². The molecular weight excluding hydrogens is 396 g/mol. The van der Waals surface area contributed by atoms with Crippen LogP contribution < -0.4 is 68.9 Å². The standard InChI is InChI=1S/C12H13Cl2OS.Cs/c1-8-4-12(15-6-8)16-7-9-2-3-10(13)5-11(9)14;/h2-3,5-6,8,12H,4,7H2,1H3;/q-1;+1/t8-,12?;/m1./s1. The van der Waals surface area contributed by atoms with Gasteiger partial charge in [-0.25, -0.2) is 6.61 Å². The molecule has 1 saturated heterocycles. The number of hydrogen-bond donors (Lipinski definition) is 0. The Morgan fingerprint density at radius 1 is 1.47 bits per heavy atom. The van der Waals surface area contributed by atoms with E-state index in [1.54, 1.807) is 17.8 Å². The van der Waals surface area contributed by atoms with Gasteiger partial charge in [-0.3, -0.25) is 0 Å². The van der Waals surface area contributed by atoms with Gasteiger partial charge in [-0.05, 0) is 24.1 Å². The molecule has 0 aliphatic carbocycles. The van der Waals surface area contributed by atoms with Crippen molar-refractivity contribution in [3.05, 3.63) is 40.4 Å². The van der Waals surface area contributed by atoms with E-state index in [0.717, 1.165) is 22.8 Å². The maximum Gasteiger partial charge on any atom is 1.00 e. The Kier molecular flexibility index (Phi) is 8.56. The van der Waals surface area contributed by atoms with Crippen LogP contribution in [-0.2, 0) is 10.5 Å². The Labute approximate surface area is 176 Å². The third-order valence-electron chi connectivity index (χ3n) is 2.47. The molecule has 1 aliphatic heterocycles. The van der Waals surface area contributed by atoms with Crippen molar-refractivity contribution < 1.29 is 73.6 Å². The molecule has 0 radical (unpaired) electrons. The average Bonchev–Trinajstić information content (AvgIpc) is 2.63. The summed E-state index contributed by atoms with van der Waals surface area (Å²) in [4.78, 5) is 0. The van der Waals surface area contributed by atoms with Crippen LogP contribution in [0.4, 0.5) is 0 Å². The van der Waals surface area contributed by atoms with E-state index in [2.05, 4.69) is 6.92 Å². The molecule has 0 N–H and O–H groups in total. The van der Waals surface area contributed by atoms with Crippen LogP contribution >= 0.6 is 35.0 Å². The van der Waals surface area contributed by atoms with Gasteiger partial charge >= 0.3 is 68.9 Å². The summed E-state index contributed by atoms with van der Waals surface area (Å²) in [6, 6.07) is 5.62. The SMILES string of the molecule is C[C@H]1[CH-]OC(SCc2ccc(Cl)cc2Cl)C1.[Cs+]. The third-order valence-corrected chi connectivity index (χ3v) is 4.21. The molecule has 2 rings (SSSR count). The Balaban J connectivity index is 0.00000144. The number of rotatable bonds is 3. The second-order valence-electron chi connectivity index (χ2n) is 3.96. The van der Waals surface area contributed by atoms with Crippen molar-refractivity contribution in [2.75, 3.05) is 0 Å². The minimum absolute atomic E-state index is 0. The number of halogens is 2. The van der Waals surface area contributed by atoms with Gasteiger partial charge in [0.1, 0.15) is 0 Å². The maximum atomic E-state index is 6.10. The molecule has 1 heterocycles. The van der Waals surface area contributed by atoms with Crippen molar-refractivity contribution in [1.82, 2.24) is 0 Å². The van der Waals surface area contributed by atoms with E-state index < -0.39 is 0 Å². The van der Waals surface area contributed by atoms with E-state index in [4.69, 9.17) is 27.9 Å². The first-order valence-corrected chi connectivity index (χ1v) is 7.00. The van der Waals surface area contributed by atoms with E-state index in [-0.39, 0.29) is 74.3 Å². The van der Waals surface area contributed by atoms with Gasteiger partial charge in [-0.1, -0.05) is 36.2 Å². The van der Waals surface area contributed by atoms with Crippen LogP contribution in [0.1, 0.15) is 18.9 Å². The molecule has 1 nitrogen and oxygen atoms in total. The number of benzene rings is 1. The molecule has 1 fully saturated rings. The Morgan fingerprint density at radius 3 is 2.82 bits per heavy atom. The Hall–Kier alpha value is 2.16. The molecule has 0 spiro atoms. The Bertz CT molecular complexity index is 376. The third kappa shape index (κ3) is 5.58. The second-order valence-corrected chi connectivity index (χ2v) is 5.95. The van der Waals surface area contributed by atoms with Crippen LogP contribution in [0, 0.1) is 12.5 Å². The summed E-state index contributed by atoms with van der Waals surface area (Å²) < 4.78 is 5.52. The zero-order valence-electron chi connectivity index (χ0n) is 9.95. The molecule has 17 heavy (non-hydrogen) atoms. The number of hydrogen-bond acceptors (Lipinski definition) is 2. The normalized spacial score (nSPS) is 23.5. The molecule has 1 unspecified atom stereocenters. The van der Waals surface area contributed by atoms with Crippen molar-refractivity contribution in [2.45, 2.75) is 24.5 Å². The smallest absolute Gasteiger partial charge is 0.542 e. The first-order chi connectivity index (χ1) is 7.65.